The highest BCUT2D eigenvalue weighted by Crippen LogP contribution is 2.28. The van der Waals surface area contributed by atoms with Gasteiger partial charge in [0.2, 0.25) is 0 Å². The van der Waals surface area contributed by atoms with Crippen molar-refractivity contribution in [1.29, 1.82) is 5.26 Å². The Morgan fingerprint density at radius 3 is 0.978 bits per heavy atom. The first-order valence-electron chi connectivity index (χ1n) is 48.4. The number of amides is 1. The predicted molar refractivity (Wildman–Crippen MR) is 540 cm³/mol. The lowest BCUT2D eigenvalue weighted by Gasteiger charge is -2.29. The van der Waals surface area contributed by atoms with Crippen molar-refractivity contribution in [2.24, 2.45) is 0 Å². The molecule has 1 aliphatic heterocycles. The number of aromatic nitrogens is 8. The quantitative estimate of drug-likeness (QED) is 0.0105. The van der Waals surface area contributed by atoms with E-state index in [4.69, 9.17) is 121 Å². The average Bonchev–Trinajstić information content (AvgIpc) is 1.03. The van der Waals surface area contributed by atoms with Gasteiger partial charge in [-0.1, -0.05) is 24.3 Å². The summed E-state index contributed by atoms with van der Waals surface area (Å²) in [6, 6.07) is 27.3. The molecule has 3 N–H and O–H groups in total. The van der Waals surface area contributed by atoms with Crippen LogP contribution in [0.1, 0.15) is 185 Å². The van der Waals surface area contributed by atoms with Crippen LogP contribution in [-0.2, 0) is 130 Å². The van der Waals surface area contributed by atoms with E-state index in [2.05, 4.69) is 49.9 Å². The predicted octanol–water partition coefficient (Wildman–Crippen LogP) is 17.4. The van der Waals surface area contributed by atoms with Crippen molar-refractivity contribution in [2.75, 3.05) is 158 Å². The van der Waals surface area contributed by atoms with Crippen LogP contribution in [0.4, 0.5) is 4.79 Å². The monoisotopic (exact) mass is 2050 g/mol. The number of carbonyl (C=O) groups excluding carboxylic acids is 1. The first-order chi connectivity index (χ1) is 66.6. The van der Waals surface area contributed by atoms with Gasteiger partial charge >= 0.3 is 58.9 Å². The van der Waals surface area contributed by atoms with Crippen LogP contribution in [0.3, 0.4) is 0 Å². The van der Waals surface area contributed by atoms with Crippen molar-refractivity contribution >= 4 is 115 Å². The van der Waals surface area contributed by atoms with Gasteiger partial charge in [-0.05, 0) is 234 Å². The Morgan fingerprint density at radius 1 is 0.387 bits per heavy atom. The number of rotatable bonds is 66. The van der Waals surface area contributed by atoms with Crippen molar-refractivity contribution in [2.45, 2.75) is 238 Å². The van der Waals surface area contributed by atoms with E-state index < -0.39 is 65.0 Å². The highest BCUT2D eigenvalue weighted by atomic mass is 35.5. The standard InChI is InChI=1S/C19H29N3O5Si.C19H30N2O5Si.C18H28N2O4Si.C10H21NO4Si.C10H22O4Si.C9H21ClO3Si.C9H8N2O/c1-4-25-28(26-5-2,27-6-3)13-7-10-22-19(23)24-15-16-8-9-17-18(14-16)21-12-11-20-17;1-4-24-27(25-5-2,26-6-3)12-9-17(22)15-23-14-16-7-8-18-19(13-16)21-11-10-20-18;1-4-22-25(23-5-2,24-6-3)13-7-12-21-15-16-8-9-17-18(14-16)20-11-10-19-17;1-4-13-16(14-5-2,15-6-3)9-7-8-12-10-11;1-4-12-15(13-5-2,14-6-3)8-7-10-9-11-10;1-4-11-14(12-5-2,13-6-3)9-7-8-10;12-6-7-1-2-8-9(5-7)11-4-3-10-8/h8-9,11-12,14H,4-7,10,13,15H2,1-3H3,(H,22,23);7-8,10-11,13,17,22H,4-6,9,12,14-15H2,1-3H3;8-11,14H,4-7,12-13,15H2,1-3H3;4-9H2,1-3H3;10H,4-9H2,1-3H3;4-9H2,1-3H3;1-5,12H,6H2. The number of alkyl carbamates (subject to hydrolysis) is 1. The molecule has 1 amide bonds. The van der Waals surface area contributed by atoms with Crippen molar-refractivity contribution in [3.05, 3.63) is 145 Å². The summed E-state index contributed by atoms with van der Waals surface area (Å²) in [5, 5.41) is 30.1. The third-order valence-corrected chi connectivity index (χ3v) is 38.2. The second-order valence-electron chi connectivity index (χ2n) is 29.4. The fourth-order valence-corrected chi connectivity index (χ4v) is 29.8. The minimum atomic E-state index is -2.72. The molecule has 0 bridgehead atoms. The molecule has 4 aromatic carbocycles. The molecule has 2 unspecified atom stereocenters. The number of carbonyl (C=O) groups is 1. The van der Waals surface area contributed by atoms with Crippen molar-refractivity contribution in [3.63, 3.8) is 0 Å². The Balaban J connectivity index is 0.000000420. The molecule has 9 rings (SSSR count). The van der Waals surface area contributed by atoms with Crippen LogP contribution in [0.25, 0.3) is 44.1 Å². The molecule has 0 radical (unpaired) electrons. The highest BCUT2D eigenvalue weighted by molar-refractivity contribution is 6.62. The molecule has 0 saturated carbocycles. The zero-order valence-corrected chi connectivity index (χ0v) is 91.3. The molecule has 0 aliphatic carbocycles. The summed E-state index contributed by atoms with van der Waals surface area (Å²) in [6.45, 7) is 49.4. The third-order valence-electron chi connectivity index (χ3n) is 19.2. The van der Waals surface area contributed by atoms with Crippen LogP contribution in [-0.4, -0.2) is 279 Å². The number of aliphatic hydroxyl groups excluding tert-OH is 2. The van der Waals surface area contributed by atoms with Gasteiger partial charge in [-0.2, -0.15) is 5.26 Å². The van der Waals surface area contributed by atoms with Gasteiger partial charge in [0.05, 0.1) is 89.4 Å². The van der Waals surface area contributed by atoms with E-state index in [0.29, 0.717) is 201 Å². The van der Waals surface area contributed by atoms with Gasteiger partial charge in [-0.15, -0.1) is 11.6 Å². The Bertz CT molecular complexity index is 4330. The number of fused-ring (bicyclic) bond motifs is 4. The molecule has 1 aliphatic rings. The molecule has 4 aromatic heterocycles. The number of aliphatic hydroxyl groups is 2. The smallest absolute Gasteiger partial charge is 0.445 e. The lowest BCUT2D eigenvalue weighted by atomic mass is 10.2. The van der Waals surface area contributed by atoms with Crippen LogP contribution in [0, 0.1) is 11.5 Å². The number of benzene rings is 4. The van der Waals surface area contributed by atoms with E-state index in [-0.39, 0.29) is 19.8 Å². The number of halogens is 1. The molecular formula is C94H159ClN10O26Si6. The molecule has 36 nitrogen and oxygen atoms in total. The molecule has 5 heterocycles. The molecule has 1 saturated heterocycles. The van der Waals surface area contributed by atoms with E-state index in [1.54, 1.807) is 55.8 Å². The normalized spacial score (nSPS) is 12.8. The van der Waals surface area contributed by atoms with Gasteiger partial charge < -0.3 is 119 Å². The summed E-state index contributed by atoms with van der Waals surface area (Å²) in [4.78, 5) is 45.8. The molecule has 772 valence electrons. The topological polar surface area (TPSA) is 412 Å². The largest absolute Gasteiger partial charge is 0.501 e. The fraction of sp³-hybridized carbons (Fsp3) is 0.638. The number of nitrogens with one attached hydrogen (secondary N) is 1. The summed E-state index contributed by atoms with van der Waals surface area (Å²) >= 11 is 5.66. The number of epoxide rings is 1. The molecule has 2 atom stereocenters. The minimum Gasteiger partial charge on any atom is -0.445 e. The van der Waals surface area contributed by atoms with Gasteiger partial charge in [-0.3, -0.25) is 39.9 Å². The van der Waals surface area contributed by atoms with E-state index in [9.17, 15) is 9.90 Å². The number of hydrogen-bond acceptors (Lipinski definition) is 35. The molecule has 0 spiro atoms. The lowest BCUT2D eigenvalue weighted by Crippen LogP contribution is -2.46. The number of nitriles is 1. The highest BCUT2D eigenvalue weighted by Gasteiger charge is 2.45. The maximum Gasteiger partial charge on any atom is 0.501 e. The van der Waals surface area contributed by atoms with Crippen molar-refractivity contribution in [1.82, 2.24) is 45.2 Å². The molecule has 8 aromatic rings. The molecule has 137 heavy (non-hydrogen) atoms. The molecular weight excluding hydrogens is 1890 g/mol. The van der Waals surface area contributed by atoms with Crippen molar-refractivity contribution < 1.29 is 118 Å². The van der Waals surface area contributed by atoms with Gasteiger partial charge in [0.1, 0.15) is 13.2 Å². The number of hydrogen-bond donors (Lipinski definition) is 3. The van der Waals surface area contributed by atoms with E-state index in [1.165, 1.54) is 0 Å². The fourth-order valence-electron chi connectivity index (χ4n) is 13.7. The van der Waals surface area contributed by atoms with Crippen LogP contribution >= 0.6 is 11.6 Å². The summed E-state index contributed by atoms with van der Waals surface area (Å²) in [6.07, 6.45) is 18.9. The first-order valence-corrected chi connectivity index (χ1v) is 60.6. The van der Waals surface area contributed by atoms with Gasteiger partial charge in [0, 0.05) is 224 Å². The zero-order valence-electron chi connectivity index (χ0n) is 84.6. The number of alkyl halides is 1. The Labute approximate surface area is 825 Å². The number of nitrogens with zero attached hydrogens (tertiary/aromatic N) is 9. The van der Waals surface area contributed by atoms with Crippen LogP contribution in [0.5, 0.6) is 0 Å². The minimum absolute atomic E-state index is 0.0481. The molecule has 43 heteroatoms. The molecule has 1 fully saturated rings. The van der Waals surface area contributed by atoms with Crippen LogP contribution in [0.2, 0.25) is 36.3 Å². The van der Waals surface area contributed by atoms with Gasteiger partial charge in [-0.25, -0.2) is 4.79 Å². The lowest BCUT2D eigenvalue weighted by molar-refractivity contribution is 0.0201. The van der Waals surface area contributed by atoms with Crippen molar-refractivity contribution in [3.8, 4) is 6.26 Å². The van der Waals surface area contributed by atoms with E-state index >= 15 is 0 Å². The average molecular weight is 2050 g/mol. The third kappa shape index (κ3) is 51.3. The summed E-state index contributed by atoms with van der Waals surface area (Å²) in [7, 11) is -15.3. The Morgan fingerprint density at radius 2 is 0.664 bits per heavy atom. The van der Waals surface area contributed by atoms with Gasteiger partial charge in [0.25, 0.3) is 6.26 Å². The van der Waals surface area contributed by atoms with Crippen LogP contribution < -0.4 is 5.32 Å². The summed E-state index contributed by atoms with van der Waals surface area (Å²) in [5.41, 5.74) is 10.5. The Kier molecular flexibility index (Phi) is 69.3. The Hall–Kier alpha value is -6.53. The van der Waals surface area contributed by atoms with E-state index in [1.807, 2.05) is 197 Å². The van der Waals surface area contributed by atoms with E-state index in [0.717, 1.165) is 110 Å². The first kappa shape index (κ1) is 125. The summed E-state index contributed by atoms with van der Waals surface area (Å²) in [5.74, 6) is 0.627. The van der Waals surface area contributed by atoms with Gasteiger partial charge in [0.15, 0.2) is 0 Å². The SMILES string of the molecule is CCO[Si](CCC(O)COCc1ccc2nccnc2c1)(OCC)OCC.CCO[Si](CCC1CO1)(OCC)OCC.CCO[Si](CCCCl)(OCC)OCC.CCO[Si](CCCNC(=O)OCc1ccc2nccnc2c1)(OCC)OCC.CCO[Si](CCCOC#N)(OCC)OCC.CCO[Si](CCCOCc1ccc2nccnc2c1)(OCC)OCC.OCc1ccc2nccnc2c1. The maximum atomic E-state index is 11.9. The second kappa shape index (κ2) is 76.2. The maximum absolute atomic E-state index is 11.9. The number of ether oxygens (including phenoxy) is 5. The van der Waals surface area contributed by atoms with Crippen LogP contribution in [0.15, 0.2) is 122 Å². The zero-order chi connectivity index (χ0) is 100. The second-order valence-corrected chi connectivity index (χ2v) is 46.1. The summed E-state index contributed by atoms with van der Waals surface area (Å²) < 4.78 is 130.